The van der Waals surface area contributed by atoms with Crippen LogP contribution < -0.4 is 0 Å². The first-order valence-corrected chi connectivity index (χ1v) is 10.1. The van der Waals surface area contributed by atoms with E-state index in [0.29, 0.717) is 6.61 Å². The first-order valence-electron chi connectivity index (χ1n) is 10.1. The average molecular weight is 454 g/mol. The fraction of sp³-hybridized carbons (Fsp3) is 1.00. The lowest BCUT2D eigenvalue weighted by Crippen LogP contribution is -2.45. The Kier molecular flexibility index (Phi) is 39.8. The van der Waals surface area contributed by atoms with Crippen molar-refractivity contribution in [3.63, 3.8) is 0 Å². The quantitative estimate of drug-likeness (QED) is 0.681. The van der Waals surface area contributed by atoms with Crippen LogP contribution in [0.1, 0.15) is 63.8 Å². The molecule has 1 N–H and O–H groups in total. The normalized spacial score (nSPS) is 20.0. The van der Waals surface area contributed by atoms with Crippen LogP contribution in [0.5, 0.6) is 0 Å². The van der Waals surface area contributed by atoms with Gasteiger partial charge < -0.3 is 24.7 Å². The molecule has 0 aliphatic carbocycles. The van der Waals surface area contributed by atoms with Crippen molar-refractivity contribution in [3.8, 4) is 0 Å². The van der Waals surface area contributed by atoms with E-state index in [4.69, 9.17) is 5.11 Å². The molecule has 0 aromatic heterocycles. The molecule has 6 nitrogen and oxygen atoms in total. The van der Waals surface area contributed by atoms with Gasteiger partial charge in [-0.3, -0.25) is 4.90 Å². The van der Waals surface area contributed by atoms with Crippen molar-refractivity contribution in [2.24, 2.45) is 0 Å². The van der Waals surface area contributed by atoms with Crippen molar-refractivity contribution in [1.82, 2.24) is 24.5 Å². The van der Waals surface area contributed by atoms with Crippen molar-refractivity contribution in [1.29, 1.82) is 0 Å². The maximum absolute atomic E-state index is 8.63. The van der Waals surface area contributed by atoms with Gasteiger partial charge in [0.05, 0.1) is 6.61 Å². The van der Waals surface area contributed by atoms with Crippen LogP contribution in [0.25, 0.3) is 0 Å². The van der Waals surface area contributed by atoms with Crippen LogP contribution in [0, 0.1) is 0 Å². The minimum Gasteiger partial charge on any atom is -0.395 e. The van der Waals surface area contributed by atoms with Crippen LogP contribution >= 0.6 is 0 Å². The van der Waals surface area contributed by atoms with Gasteiger partial charge in [0.2, 0.25) is 0 Å². The zero-order valence-electron chi connectivity index (χ0n) is 17.3. The van der Waals surface area contributed by atoms with Gasteiger partial charge in [-0.1, -0.05) is 51.0 Å². The molecule has 0 atom stereocenters. The number of β-amino-alcohol motifs (C(OH)–C–C–N with tert-alkyl or cyclic N) is 1. The van der Waals surface area contributed by atoms with Gasteiger partial charge in [-0.15, -0.1) is 0 Å². The fourth-order valence-corrected chi connectivity index (χ4v) is 3.17. The molecule has 0 unspecified atom stereocenters. The summed E-state index contributed by atoms with van der Waals surface area (Å²) in [6.45, 7) is 13.2. The highest BCUT2D eigenvalue weighted by atomic mass is 16.3. The number of aliphatic hydroxyl groups excluding tert-OH is 1. The minimum atomic E-state index is 0. The molecule has 3 aliphatic heterocycles. The molecule has 198 valence electrons. The van der Waals surface area contributed by atoms with Gasteiger partial charge >= 0.3 is 0 Å². The highest BCUT2D eigenvalue weighted by Crippen LogP contribution is 2.04. The molecular weight excluding hydrogens is 386 g/mol. The monoisotopic (exact) mass is 454 g/mol. The van der Waals surface area contributed by atoms with Gasteiger partial charge in [0.1, 0.15) is 0 Å². The molecule has 3 aliphatic rings. The summed E-state index contributed by atoms with van der Waals surface area (Å²) < 4.78 is 0. The van der Waals surface area contributed by atoms with Crippen LogP contribution in [0.3, 0.4) is 0 Å². The number of aliphatic hydroxyl groups is 1. The second-order valence-electron chi connectivity index (χ2n) is 7.84. The first-order chi connectivity index (χ1) is 12.0. The number of piperazine rings is 2. The molecule has 0 saturated carbocycles. The lowest BCUT2D eigenvalue weighted by atomic mass is 10.1. The number of nitrogens with zero attached hydrogens (tertiary/aromatic N) is 5. The Balaban J connectivity index is -0.0000000697. The largest absolute Gasteiger partial charge is 0.395 e. The van der Waals surface area contributed by atoms with Crippen LogP contribution in [-0.2, 0) is 0 Å². The lowest BCUT2D eigenvalue weighted by molar-refractivity contribution is 0.128. The second kappa shape index (κ2) is 27.8. The van der Waals surface area contributed by atoms with E-state index in [1.54, 1.807) is 0 Å². The van der Waals surface area contributed by atoms with Crippen molar-refractivity contribution in [2.75, 3.05) is 107 Å². The number of hydrogen-bond acceptors (Lipinski definition) is 6. The number of likely N-dealkylation sites (N-methyl/N-ethyl adjacent to an activating group) is 3. The molecule has 3 fully saturated rings. The van der Waals surface area contributed by atoms with Crippen LogP contribution in [0.2, 0.25) is 0 Å². The summed E-state index contributed by atoms with van der Waals surface area (Å²) in [5.74, 6) is 0. The van der Waals surface area contributed by atoms with E-state index in [-0.39, 0.29) is 44.6 Å². The van der Waals surface area contributed by atoms with E-state index in [0.717, 1.165) is 32.7 Å². The summed E-state index contributed by atoms with van der Waals surface area (Å²) in [5.41, 5.74) is 0. The summed E-state index contributed by atoms with van der Waals surface area (Å²) in [4.78, 5) is 11.7. The second-order valence-corrected chi connectivity index (χ2v) is 7.84. The van der Waals surface area contributed by atoms with Gasteiger partial charge in [0, 0.05) is 58.9 Å². The SMILES string of the molecule is C.C.C.C.C.C.CN1CCCCC1.CN1CCN(C)CC1.CN1CCN(CCO)CC1. The molecule has 3 saturated heterocycles. The molecule has 0 aromatic rings. The van der Waals surface area contributed by atoms with Crippen LogP contribution in [0.4, 0.5) is 0 Å². The Bertz CT molecular complexity index is 288. The van der Waals surface area contributed by atoms with E-state index >= 15 is 0 Å². The molecule has 0 spiro atoms. The summed E-state index contributed by atoms with van der Waals surface area (Å²) in [7, 11) is 8.68. The fourth-order valence-electron chi connectivity index (χ4n) is 3.17. The van der Waals surface area contributed by atoms with Crippen LogP contribution in [-0.4, -0.2) is 136 Å². The van der Waals surface area contributed by atoms with Crippen LogP contribution in [0.15, 0.2) is 0 Å². The summed E-state index contributed by atoms with van der Waals surface area (Å²) >= 11 is 0. The number of rotatable bonds is 2. The Hall–Kier alpha value is -0.240. The Morgan fingerprint density at radius 1 is 0.452 bits per heavy atom. The van der Waals surface area contributed by atoms with E-state index < -0.39 is 0 Å². The van der Waals surface area contributed by atoms with Gasteiger partial charge in [0.25, 0.3) is 0 Å². The predicted molar refractivity (Wildman–Crippen MR) is 148 cm³/mol. The average Bonchev–Trinajstić information content (AvgIpc) is 2.62. The maximum Gasteiger partial charge on any atom is 0.0558 e. The summed E-state index contributed by atoms with van der Waals surface area (Å²) in [5, 5.41) is 8.63. The van der Waals surface area contributed by atoms with Gasteiger partial charge in [-0.25, -0.2) is 0 Å². The first kappa shape index (κ1) is 44.4. The zero-order chi connectivity index (χ0) is 18.5. The Labute approximate surface area is 200 Å². The third-order valence-corrected chi connectivity index (χ3v) is 5.32. The van der Waals surface area contributed by atoms with Crippen molar-refractivity contribution < 1.29 is 5.11 Å². The topological polar surface area (TPSA) is 36.4 Å². The molecule has 31 heavy (non-hydrogen) atoms. The molecule has 0 radical (unpaired) electrons. The van der Waals surface area contributed by atoms with Crippen molar-refractivity contribution in [3.05, 3.63) is 0 Å². The third kappa shape index (κ3) is 24.2. The molecule has 3 rings (SSSR count). The van der Waals surface area contributed by atoms with Crippen molar-refractivity contribution >= 4 is 0 Å². The lowest BCUT2D eigenvalue weighted by Gasteiger charge is -2.31. The smallest absolute Gasteiger partial charge is 0.0558 e. The molecule has 0 amide bonds. The molecule has 0 aromatic carbocycles. The van der Waals surface area contributed by atoms with Crippen molar-refractivity contribution in [2.45, 2.75) is 63.8 Å². The Morgan fingerprint density at radius 2 is 0.742 bits per heavy atom. The van der Waals surface area contributed by atoms with Gasteiger partial charge in [0.15, 0.2) is 0 Å². The molecule has 6 heteroatoms. The van der Waals surface area contributed by atoms with Gasteiger partial charge in [-0.2, -0.15) is 0 Å². The summed E-state index contributed by atoms with van der Waals surface area (Å²) in [6.07, 6.45) is 4.28. The molecular formula is C25H67N5O. The molecule has 0 bridgehead atoms. The standard InChI is InChI=1S/C7H16N2O.C6H14N2.C6H13N.6CH4/c1-8-2-4-9(5-3-8)6-7-10;1-7-3-5-8(2)6-4-7;1-7-5-3-2-4-6-7;;;;;;/h10H,2-7H2,1H3;3-6H2,1-2H3;2-6H2,1H3;6*1H4. The molecule has 3 heterocycles. The van der Waals surface area contributed by atoms with E-state index in [1.807, 2.05) is 0 Å². The minimum absolute atomic E-state index is 0. The van der Waals surface area contributed by atoms with E-state index in [1.165, 1.54) is 58.5 Å². The zero-order valence-corrected chi connectivity index (χ0v) is 17.3. The third-order valence-electron chi connectivity index (χ3n) is 5.32. The van der Waals surface area contributed by atoms with E-state index in [9.17, 15) is 0 Å². The summed E-state index contributed by atoms with van der Waals surface area (Å²) in [6, 6.07) is 0. The number of likely N-dealkylation sites (tertiary alicyclic amines) is 1. The highest BCUT2D eigenvalue weighted by molar-refractivity contribution is 4.68. The number of piperidine rings is 1. The Morgan fingerprint density at radius 3 is 1.00 bits per heavy atom. The highest BCUT2D eigenvalue weighted by Gasteiger charge is 2.11. The number of hydrogen-bond donors (Lipinski definition) is 1. The van der Waals surface area contributed by atoms with Gasteiger partial charge in [-0.05, 0) is 54.1 Å². The predicted octanol–water partition coefficient (Wildman–Crippen LogP) is 4.01. The maximum atomic E-state index is 8.63. The van der Waals surface area contributed by atoms with E-state index in [2.05, 4.69) is 52.7 Å².